The van der Waals surface area contributed by atoms with Gasteiger partial charge in [-0.05, 0) is 49.8 Å². The van der Waals surface area contributed by atoms with Crippen molar-refractivity contribution in [2.45, 2.75) is 51.6 Å². The number of benzene rings is 1. The molecule has 0 atom stereocenters. The topological polar surface area (TPSA) is 9.23 Å². The molecule has 0 saturated heterocycles. The van der Waals surface area contributed by atoms with Gasteiger partial charge < -0.3 is 4.43 Å². The van der Waals surface area contributed by atoms with Crippen LogP contribution >= 0.6 is 0 Å². The van der Waals surface area contributed by atoms with Crippen LogP contribution in [0.2, 0.25) is 0 Å². The fourth-order valence-corrected chi connectivity index (χ4v) is 3.15. The molecule has 0 unspecified atom stereocenters. The predicted octanol–water partition coefficient (Wildman–Crippen LogP) is 3.14. The number of hydrogen-bond donors (Lipinski definition) is 0. The van der Waals surface area contributed by atoms with Gasteiger partial charge in [-0.1, -0.05) is 13.8 Å². The molecule has 0 spiro atoms. The van der Waals surface area contributed by atoms with E-state index in [9.17, 15) is 8.78 Å². The monoisotopic (exact) mass is 272 g/mol. The van der Waals surface area contributed by atoms with Crippen LogP contribution in [0.5, 0.6) is 0 Å². The highest BCUT2D eigenvalue weighted by molar-refractivity contribution is 5.98. The third-order valence-electron chi connectivity index (χ3n) is 3.74. The lowest BCUT2D eigenvalue weighted by Crippen LogP contribution is -2.30. The number of rotatable bonds is 7. The summed E-state index contributed by atoms with van der Waals surface area (Å²) in [6.07, 6.45) is 4.52. The first kappa shape index (κ1) is 15.3. The summed E-state index contributed by atoms with van der Waals surface area (Å²) in [5, 5.41) is 0. The predicted molar refractivity (Wildman–Crippen MR) is 73.6 cm³/mol. The van der Waals surface area contributed by atoms with Crippen molar-refractivity contribution in [1.29, 1.82) is 0 Å². The van der Waals surface area contributed by atoms with Crippen molar-refractivity contribution in [3.8, 4) is 0 Å². The van der Waals surface area contributed by atoms with E-state index in [1.807, 2.05) is 0 Å². The van der Waals surface area contributed by atoms with Gasteiger partial charge in [0.15, 0.2) is 0 Å². The Balaban J connectivity index is 2.55. The van der Waals surface area contributed by atoms with Crippen molar-refractivity contribution in [3.05, 3.63) is 35.4 Å². The van der Waals surface area contributed by atoms with Gasteiger partial charge >= 0.3 is 0 Å². The molecule has 0 bridgehead atoms. The summed E-state index contributed by atoms with van der Waals surface area (Å²) < 4.78 is 31.8. The lowest BCUT2D eigenvalue weighted by molar-refractivity contribution is 0.0592. The minimum atomic E-state index is -0.499. The minimum Gasteiger partial charge on any atom is -0.422 e. The molecule has 18 heavy (non-hydrogen) atoms. The van der Waals surface area contributed by atoms with Crippen LogP contribution in [0.4, 0.5) is 8.78 Å². The average molecular weight is 272 g/mol. The van der Waals surface area contributed by atoms with E-state index in [0.29, 0.717) is 6.42 Å². The molecule has 0 radical (unpaired) electrons. The third kappa shape index (κ3) is 4.17. The Bertz CT molecular complexity index is 350. The Morgan fingerprint density at radius 1 is 1.11 bits per heavy atom. The maximum absolute atomic E-state index is 13.0. The molecule has 0 saturated carbocycles. The van der Waals surface area contributed by atoms with Crippen molar-refractivity contribution in [3.63, 3.8) is 0 Å². The highest BCUT2D eigenvalue weighted by Crippen LogP contribution is 2.26. The van der Waals surface area contributed by atoms with E-state index in [4.69, 9.17) is 4.43 Å². The van der Waals surface area contributed by atoms with Crippen LogP contribution in [0.15, 0.2) is 18.2 Å². The van der Waals surface area contributed by atoms with E-state index in [2.05, 4.69) is 13.8 Å². The number of aryl methyl sites for hydroxylation is 1. The van der Waals surface area contributed by atoms with Crippen LogP contribution in [0, 0.1) is 11.6 Å². The Labute approximate surface area is 111 Å². The summed E-state index contributed by atoms with van der Waals surface area (Å²) in [5.41, 5.74) is 0.694. The van der Waals surface area contributed by atoms with Gasteiger partial charge in [-0.3, -0.25) is 0 Å². The summed E-state index contributed by atoms with van der Waals surface area (Å²) in [5.74, 6) is -0.997. The second-order valence-electron chi connectivity index (χ2n) is 4.73. The van der Waals surface area contributed by atoms with Gasteiger partial charge in [-0.15, -0.1) is 0 Å². The van der Waals surface area contributed by atoms with Gasteiger partial charge in [0.2, 0.25) is 0 Å². The van der Waals surface area contributed by atoms with E-state index in [-0.39, 0.29) is 5.60 Å². The Morgan fingerprint density at radius 2 is 1.67 bits per heavy atom. The molecule has 4 heteroatoms. The lowest BCUT2D eigenvalue weighted by atomic mass is 9.90. The molecular weight excluding hydrogens is 250 g/mol. The first-order chi connectivity index (χ1) is 8.55. The highest BCUT2D eigenvalue weighted by Gasteiger charge is 2.23. The molecule has 0 aliphatic heterocycles. The normalized spacial score (nSPS) is 12.0. The second-order valence-corrected chi connectivity index (χ2v) is 5.13. The fraction of sp³-hybridized carbons (Fsp3) is 0.571. The summed E-state index contributed by atoms with van der Waals surface area (Å²) in [7, 11) is 0.729. The van der Waals surface area contributed by atoms with Crippen LogP contribution in [-0.2, 0) is 10.8 Å². The summed E-state index contributed by atoms with van der Waals surface area (Å²) in [6.45, 7) is 4.26. The molecule has 1 nitrogen and oxygen atoms in total. The molecule has 1 aromatic rings. The molecule has 0 aliphatic carbocycles. The SMILES string of the molecule is CCC(CC)(CCCc1cc(F)cc(F)c1)O[SiH3]. The van der Waals surface area contributed by atoms with Gasteiger partial charge in [0.25, 0.3) is 0 Å². The van der Waals surface area contributed by atoms with E-state index in [1.165, 1.54) is 12.1 Å². The van der Waals surface area contributed by atoms with Crippen LogP contribution in [0.1, 0.15) is 45.1 Å². The number of hydrogen-bond acceptors (Lipinski definition) is 1. The zero-order valence-corrected chi connectivity index (χ0v) is 13.4. The van der Waals surface area contributed by atoms with Gasteiger partial charge in [-0.25, -0.2) is 8.78 Å². The molecule has 1 rings (SSSR count). The third-order valence-corrected chi connectivity index (χ3v) is 4.61. The molecule has 102 valence electrons. The molecule has 0 aromatic heterocycles. The molecule has 0 N–H and O–H groups in total. The standard InChI is InChI=1S/C14H22F2OSi/c1-3-14(4-2,17-18)7-5-6-11-8-12(15)10-13(16)9-11/h8-10H,3-7H2,1-2,18H3. The second kappa shape index (κ2) is 7.00. The average Bonchev–Trinajstić information content (AvgIpc) is 2.34. The molecule has 0 fully saturated rings. The summed E-state index contributed by atoms with van der Waals surface area (Å²) >= 11 is 0. The van der Waals surface area contributed by atoms with E-state index < -0.39 is 11.6 Å². The first-order valence-corrected chi connectivity index (χ1v) is 7.37. The Kier molecular flexibility index (Phi) is 5.95. The zero-order chi connectivity index (χ0) is 13.6. The van der Waals surface area contributed by atoms with Crippen molar-refractivity contribution >= 4 is 10.5 Å². The Morgan fingerprint density at radius 3 is 2.11 bits per heavy atom. The van der Waals surface area contributed by atoms with Crippen LogP contribution in [0.25, 0.3) is 0 Å². The molecule has 0 aliphatic rings. The fourth-order valence-electron chi connectivity index (χ4n) is 2.36. The van der Waals surface area contributed by atoms with E-state index in [1.54, 1.807) is 0 Å². The lowest BCUT2D eigenvalue weighted by Gasteiger charge is -2.31. The smallest absolute Gasteiger partial charge is 0.146 e. The van der Waals surface area contributed by atoms with Gasteiger partial charge in [-0.2, -0.15) is 0 Å². The van der Waals surface area contributed by atoms with Crippen molar-refractivity contribution in [1.82, 2.24) is 0 Å². The van der Waals surface area contributed by atoms with Crippen molar-refractivity contribution in [2.75, 3.05) is 0 Å². The maximum Gasteiger partial charge on any atom is 0.146 e. The van der Waals surface area contributed by atoms with Crippen LogP contribution in [-0.4, -0.2) is 16.1 Å². The van der Waals surface area contributed by atoms with E-state index in [0.717, 1.165) is 47.8 Å². The van der Waals surface area contributed by atoms with Crippen LogP contribution in [0.3, 0.4) is 0 Å². The molecule has 1 aromatic carbocycles. The van der Waals surface area contributed by atoms with Crippen LogP contribution < -0.4 is 0 Å². The number of halogens is 2. The summed E-state index contributed by atoms with van der Waals surface area (Å²) in [4.78, 5) is 0. The Hall–Kier alpha value is -0.743. The molecule has 0 heterocycles. The van der Waals surface area contributed by atoms with Gasteiger partial charge in [0.05, 0.1) is 5.60 Å². The maximum atomic E-state index is 13.0. The summed E-state index contributed by atoms with van der Waals surface area (Å²) in [6, 6.07) is 3.72. The largest absolute Gasteiger partial charge is 0.422 e. The van der Waals surface area contributed by atoms with Crippen molar-refractivity contribution in [2.24, 2.45) is 0 Å². The van der Waals surface area contributed by atoms with Crippen molar-refractivity contribution < 1.29 is 13.2 Å². The van der Waals surface area contributed by atoms with Gasteiger partial charge in [0, 0.05) is 6.07 Å². The van der Waals surface area contributed by atoms with Gasteiger partial charge in [0.1, 0.15) is 22.1 Å². The van der Waals surface area contributed by atoms with E-state index >= 15 is 0 Å². The molecule has 0 amide bonds. The zero-order valence-electron chi connectivity index (χ0n) is 11.4. The minimum absolute atomic E-state index is 0.0297. The highest BCUT2D eigenvalue weighted by atomic mass is 28.2. The quantitative estimate of drug-likeness (QED) is 0.693. The first-order valence-electron chi connectivity index (χ1n) is 6.55. The molecular formula is C14H22F2OSi.